The van der Waals surface area contributed by atoms with Crippen molar-refractivity contribution < 1.29 is 4.79 Å². The molecule has 0 radical (unpaired) electrons. The number of nitrogens with one attached hydrogen (secondary N) is 1. The van der Waals surface area contributed by atoms with E-state index in [1.807, 2.05) is 0 Å². The number of thiophene rings is 1. The molecule has 2 heterocycles. The van der Waals surface area contributed by atoms with Crippen molar-refractivity contribution in [3.05, 3.63) is 21.4 Å². The van der Waals surface area contributed by atoms with Crippen molar-refractivity contribution in [1.29, 1.82) is 0 Å². The summed E-state index contributed by atoms with van der Waals surface area (Å²) in [6, 6.07) is 0. The number of carbonyl (C=O) groups is 1. The molecule has 0 aliphatic carbocycles. The third-order valence-corrected chi connectivity index (χ3v) is 3.21. The number of aldehydes is 1. The van der Waals surface area contributed by atoms with Gasteiger partial charge in [0, 0.05) is 6.54 Å². The Hall–Kier alpha value is -0.670. The quantitative estimate of drug-likeness (QED) is 0.667. The maximum atomic E-state index is 10.6. The fourth-order valence-corrected chi connectivity index (χ4v) is 2.51. The van der Waals surface area contributed by atoms with Crippen LogP contribution >= 0.6 is 11.3 Å². The van der Waals surface area contributed by atoms with E-state index in [0.29, 0.717) is 0 Å². The van der Waals surface area contributed by atoms with Crippen molar-refractivity contribution in [2.45, 2.75) is 19.4 Å². The second-order valence-corrected chi connectivity index (χ2v) is 3.91. The smallest absolute Gasteiger partial charge is 0.160 e. The molecule has 2 rings (SSSR count). The SMILES string of the molecule is O=Cc1scc2c1CCCNC2. The van der Waals surface area contributed by atoms with Crippen molar-refractivity contribution in [2.24, 2.45) is 0 Å². The van der Waals surface area contributed by atoms with Gasteiger partial charge in [0.05, 0.1) is 4.88 Å². The zero-order valence-electron chi connectivity index (χ0n) is 6.80. The van der Waals surface area contributed by atoms with Gasteiger partial charge in [-0.15, -0.1) is 11.3 Å². The van der Waals surface area contributed by atoms with Gasteiger partial charge in [0.25, 0.3) is 0 Å². The topological polar surface area (TPSA) is 29.1 Å². The van der Waals surface area contributed by atoms with E-state index in [1.165, 1.54) is 11.1 Å². The van der Waals surface area contributed by atoms with E-state index in [1.54, 1.807) is 11.3 Å². The summed E-state index contributed by atoms with van der Waals surface area (Å²) in [5.41, 5.74) is 2.60. The lowest BCUT2D eigenvalue weighted by Gasteiger charge is -1.96. The van der Waals surface area contributed by atoms with Crippen molar-refractivity contribution >= 4 is 17.6 Å². The molecule has 0 saturated carbocycles. The Morgan fingerprint density at radius 3 is 3.33 bits per heavy atom. The van der Waals surface area contributed by atoms with Gasteiger partial charge in [-0.3, -0.25) is 4.79 Å². The van der Waals surface area contributed by atoms with Gasteiger partial charge in [0.15, 0.2) is 6.29 Å². The van der Waals surface area contributed by atoms with Crippen LogP contribution in [0, 0.1) is 0 Å². The lowest BCUT2D eigenvalue weighted by Crippen LogP contribution is -2.11. The van der Waals surface area contributed by atoms with E-state index in [0.717, 1.165) is 37.1 Å². The first-order chi connectivity index (χ1) is 5.92. The summed E-state index contributed by atoms with van der Waals surface area (Å²) in [5.74, 6) is 0. The number of hydrogen-bond donors (Lipinski definition) is 1. The predicted octanol–water partition coefficient (Wildman–Crippen LogP) is 1.60. The van der Waals surface area contributed by atoms with Crippen LogP contribution in [0.3, 0.4) is 0 Å². The molecule has 0 spiro atoms. The highest BCUT2D eigenvalue weighted by Crippen LogP contribution is 2.23. The summed E-state index contributed by atoms with van der Waals surface area (Å²) in [6.45, 7) is 2.00. The molecular formula is C9H11NOS. The number of carbonyl (C=O) groups excluding carboxylic acids is 1. The van der Waals surface area contributed by atoms with Gasteiger partial charge < -0.3 is 5.32 Å². The van der Waals surface area contributed by atoms with Crippen LogP contribution in [0.5, 0.6) is 0 Å². The lowest BCUT2D eigenvalue weighted by molar-refractivity contribution is 0.112. The van der Waals surface area contributed by atoms with E-state index in [2.05, 4.69) is 10.7 Å². The summed E-state index contributed by atoms with van der Waals surface area (Å²) >= 11 is 1.57. The van der Waals surface area contributed by atoms with Gasteiger partial charge >= 0.3 is 0 Å². The first-order valence-corrected chi connectivity index (χ1v) is 5.05. The van der Waals surface area contributed by atoms with Crippen molar-refractivity contribution in [2.75, 3.05) is 6.54 Å². The highest BCUT2D eigenvalue weighted by molar-refractivity contribution is 7.12. The van der Waals surface area contributed by atoms with E-state index < -0.39 is 0 Å². The van der Waals surface area contributed by atoms with Crippen LogP contribution in [0.4, 0.5) is 0 Å². The van der Waals surface area contributed by atoms with Crippen LogP contribution < -0.4 is 5.32 Å². The van der Waals surface area contributed by atoms with E-state index in [-0.39, 0.29) is 0 Å². The van der Waals surface area contributed by atoms with Crippen LogP contribution in [0.1, 0.15) is 27.2 Å². The third-order valence-electron chi connectivity index (χ3n) is 2.22. The molecule has 1 N–H and O–H groups in total. The van der Waals surface area contributed by atoms with Crippen molar-refractivity contribution in [1.82, 2.24) is 5.32 Å². The Morgan fingerprint density at radius 2 is 2.50 bits per heavy atom. The summed E-state index contributed by atoms with van der Waals surface area (Å²) in [7, 11) is 0. The van der Waals surface area contributed by atoms with Crippen molar-refractivity contribution in [3.8, 4) is 0 Å². The lowest BCUT2D eigenvalue weighted by atomic mass is 10.1. The normalized spacial score (nSPS) is 16.7. The molecule has 3 heteroatoms. The maximum absolute atomic E-state index is 10.6. The molecule has 0 aromatic carbocycles. The highest BCUT2D eigenvalue weighted by atomic mass is 32.1. The van der Waals surface area contributed by atoms with Crippen LogP contribution in [-0.4, -0.2) is 12.8 Å². The minimum absolute atomic E-state index is 0.925. The van der Waals surface area contributed by atoms with Gasteiger partial charge in [-0.05, 0) is 35.9 Å². The van der Waals surface area contributed by atoms with Gasteiger partial charge in [0.1, 0.15) is 0 Å². The zero-order valence-corrected chi connectivity index (χ0v) is 7.62. The molecular weight excluding hydrogens is 170 g/mol. The zero-order chi connectivity index (χ0) is 8.39. The Balaban J connectivity index is 2.38. The average Bonchev–Trinajstić information content (AvgIpc) is 2.33. The minimum atomic E-state index is 0.925. The van der Waals surface area contributed by atoms with E-state index >= 15 is 0 Å². The first kappa shape index (κ1) is 7.95. The maximum Gasteiger partial charge on any atom is 0.160 e. The Morgan fingerprint density at radius 1 is 1.58 bits per heavy atom. The monoisotopic (exact) mass is 181 g/mol. The molecule has 64 valence electrons. The summed E-state index contributed by atoms with van der Waals surface area (Å²) in [6.07, 6.45) is 3.18. The molecule has 0 saturated heterocycles. The highest BCUT2D eigenvalue weighted by Gasteiger charge is 2.12. The molecule has 1 aromatic rings. The fraction of sp³-hybridized carbons (Fsp3) is 0.444. The first-order valence-electron chi connectivity index (χ1n) is 4.17. The number of hydrogen-bond acceptors (Lipinski definition) is 3. The second-order valence-electron chi connectivity index (χ2n) is 3.00. The molecule has 0 amide bonds. The molecule has 1 aromatic heterocycles. The Labute approximate surface area is 75.6 Å². The molecule has 2 nitrogen and oxygen atoms in total. The van der Waals surface area contributed by atoms with Gasteiger partial charge in [0.2, 0.25) is 0 Å². The standard InChI is InChI=1S/C9H11NOS/c11-5-9-8-2-1-3-10-4-7(8)6-12-9/h5-6,10H,1-4H2. The molecule has 0 bridgehead atoms. The fourth-order valence-electron chi connectivity index (χ4n) is 1.58. The molecule has 1 aliphatic rings. The van der Waals surface area contributed by atoms with E-state index in [9.17, 15) is 4.79 Å². The van der Waals surface area contributed by atoms with Crippen LogP contribution in [0.25, 0.3) is 0 Å². The number of fused-ring (bicyclic) bond motifs is 1. The predicted molar refractivity (Wildman–Crippen MR) is 49.7 cm³/mol. The molecule has 0 unspecified atom stereocenters. The third kappa shape index (κ3) is 1.30. The van der Waals surface area contributed by atoms with Crippen LogP contribution in [0.15, 0.2) is 5.38 Å². The molecule has 0 atom stereocenters. The van der Waals surface area contributed by atoms with Gasteiger partial charge in [-0.2, -0.15) is 0 Å². The number of rotatable bonds is 1. The molecule has 12 heavy (non-hydrogen) atoms. The Kier molecular flexibility index (Phi) is 2.23. The average molecular weight is 181 g/mol. The minimum Gasteiger partial charge on any atom is -0.313 e. The van der Waals surface area contributed by atoms with Crippen LogP contribution in [0.2, 0.25) is 0 Å². The van der Waals surface area contributed by atoms with Crippen molar-refractivity contribution in [3.63, 3.8) is 0 Å². The molecule has 1 aliphatic heterocycles. The summed E-state index contributed by atoms with van der Waals surface area (Å²) in [5, 5.41) is 5.43. The Bertz CT molecular complexity index is 293. The van der Waals surface area contributed by atoms with Gasteiger partial charge in [-0.1, -0.05) is 0 Å². The van der Waals surface area contributed by atoms with Gasteiger partial charge in [-0.25, -0.2) is 0 Å². The largest absolute Gasteiger partial charge is 0.313 e. The second kappa shape index (κ2) is 3.37. The summed E-state index contributed by atoms with van der Waals surface area (Å²) < 4.78 is 0. The summed E-state index contributed by atoms with van der Waals surface area (Å²) in [4.78, 5) is 11.6. The molecule has 0 fully saturated rings. The van der Waals surface area contributed by atoms with Crippen LogP contribution in [-0.2, 0) is 13.0 Å². The van der Waals surface area contributed by atoms with E-state index in [4.69, 9.17) is 0 Å².